The molecule has 2 aromatic rings. The summed E-state index contributed by atoms with van der Waals surface area (Å²) in [4.78, 5) is 0. The summed E-state index contributed by atoms with van der Waals surface area (Å²) >= 11 is 3.40. The van der Waals surface area contributed by atoms with Crippen LogP contribution in [-0.2, 0) is 6.42 Å². The van der Waals surface area contributed by atoms with Gasteiger partial charge < -0.3 is 5.11 Å². The van der Waals surface area contributed by atoms with Crippen LogP contribution in [-0.4, -0.2) is 5.11 Å². The van der Waals surface area contributed by atoms with Crippen LogP contribution < -0.4 is 0 Å². The molecule has 2 rings (SSSR count). The molecule has 1 N–H and O–H groups in total. The van der Waals surface area contributed by atoms with Gasteiger partial charge in [0.05, 0.1) is 0 Å². The van der Waals surface area contributed by atoms with Gasteiger partial charge >= 0.3 is 0 Å². The van der Waals surface area contributed by atoms with E-state index in [1.807, 2.05) is 30.3 Å². The molecule has 86 valence electrons. The van der Waals surface area contributed by atoms with Gasteiger partial charge in [0.2, 0.25) is 0 Å². The van der Waals surface area contributed by atoms with Gasteiger partial charge in [-0.05, 0) is 35.7 Å². The maximum absolute atomic E-state index is 9.68. The molecule has 0 saturated carbocycles. The zero-order chi connectivity index (χ0) is 12.1. The zero-order valence-electron chi connectivity index (χ0n) is 9.31. The summed E-state index contributed by atoms with van der Waals surface area (Å²) in [6.45, 7) is 0. The lowest BCUT2D eigenvalue weighted by molar-refractivity contribution is 0.469. The maximum Gasteiger partial charge on any atom is 0.119 e. The molecule has 1 nitrogen and oxygen atoms in total. The van der Waals surface area contributed by atoms with Crippen molar-refractivity contribution in [3.63, 3.8) is 0 Å². The second-order valence-corrected chi connectivity index (χ2v) is 4.71. The molecule has 0 aliphatic carbocycles. The highest BCUT2D eigenvalue weighted by atomic mass is 79.9. The highest BCUT2D eigenvalue weighted by Gasteiger charge is 1.99. The molecular weight excluding hydrogens is 276 g/mol. The van der Waals surface area contributed by atoms with Crippen LogP contribution in [0.1, 0.15) is 11.1 Å². The first-order chi connectivity index (χ1) is 8.25. The lowest BCUT2D eigenvalue weighted by Crippen LogP contribution is -1.82. The monoisotopic (exact) mass is 288 g/mol. The third-order valence-electron chi connectivity index (χ3n) is 2.49. The number of phenols is 1. The SMILES string of the molecule is Oc1ccc(Br)cc1C/C=C\c1ccccc1. The first kappa shape index (κ1) is 11.9. The molecule has 0 bridgehead atoms. The average molecular weight is 289 g/mol. The van der Waals surface area contributed by atoms with Gasteiger partial charge in [0.15, 0.2) is 0 Å². The van der Waals surface area contributed by atoms with Crippen molar-refractivity contribution in [2.45, 2.75) is 6.42 Å². The van der Waals surface area contributed by atoms with E-state index >= 15 is 0 Å². The molecule has 2 heteroatoms. The Morgan fingerprint density at radius 3 is 2.59 bits per heavy atom. The van der Waals surface area contributed by atoms with E-state index in [0.717, 1.165) is 16.5 Å². The summed E-state index contributed by atoms with van der Waals surface area (Å²) in [7, 11) is 0. The van der Waals surface area contributed by atoms with Crippen molar-refractivity contribution in [2.24, 2.45) is 0 Å². The quantitative estimate of drug-likeness (QED) is 0.887. The Morgan fingerprint density at radius 1 is 1.06 bits per heavy atom. The first-order valence-electron chi connectivity index (χ1n) is 5.45. The minimum atomic E-state index is 0.339. The van der Waals surface area contributed by atoms with Crippen LogP contribution >= 0.6 is 15.9 Å². The second-order valence-electron chi connectivity index (χ2n) is 3.79. The fraction of sp³-hybridized carbons (Fsp3) is 0.0667. The number of rotatable bonds is 3. The average Bonchev–Trinajstić information content (AvgIpc) is 2.35. The van der Waals surface area contributed by atoms with Gasteiger partial charge in [-0.1, -0.05) is 58.4 Å². The third kappa shape index (κ3) is 3.46. The summed E-state index contributed by atoms with van der Waals surface area (Å²) in [5.74, 6) is 0.339. The second kappa shape index (κ2) is 5.69. The molecule has 0 fully saturated rings. The van der Waals surface area contributed by atoms with Crippen LogP contribution in [0.4, 0.5) is 0 Å². The number of aromatic hydroxyl groups is 1. The van der Waals surface area contributed by atoms with Gasteiger partial charge in [-0.2, -0.15) is 0 Å². The van der Waals surface area contributed by atoms with Crippen LogP contribution in [0.3, 0.4) is 0 Å². The number of allylic oxidation sites excluding steroid dienone is 1. The summed E-state index contributed by atoms with van der Waals surface area (Å²) in [5, 5.41) is 9.68. The lowest BCUT2D eigenvalue weighted by Gasteiger charge is -2.01. The molecule has 0 radical (unpaired) electrons. The Morgan fingerprint density at radius 2 is 1.82 bits per heavy atom. The van der Waals surface area contributed by atoms with Crippen LogP contribution in [0.25, 0.3) is 6.08 Å². The molecule has 0 atom stereocenters. The minimum absolute atomic E-state index is 0.339. The fourth-order valence-corrected chi connectivity index (χ4v) is 2.01. The fourth-order valence-electron chi connectivity index (χ4n) is 1.60. The first-order valence-corrected chi connectivity index (χ1v) is 6.24. The molecule has 0 spiro atoms. The Labute approximate surface area is 110 Å². The molecule has 0 aliphatic rings. The summed E-state index contributed by atoms with van der Waals surface area (Å²) < 4.78 is 0.985. The van der Waals surface area contributed by atoms with Gasteiger partial charge in [0.25, 0.3) is 0 Å². The molecule has 0 unspecified atom stereocenters. The van der Waals surface area contributed by atoms with Crippen molar-refractivity contribution in [1.29, 1.82) is 0 Å². The van der Waals surface area contributed by atoms with Crippen molar-refractivity contribution >= 4 is 22.0 Å². The maximum atomic E-state index is 9.68. The van der Waals surface area contributed by atoms with E-state index in [4.69, 9.17) is 0 Å². The number of benzene rings is 2. The Kier molecular flexibility index (Phi) is 3.99. The van der Waals surface area contributed by atoms with Gasteiger partial charge in [-0.15, -0.1) is 0 Å². The van der Waals surface area contributed by atoms with Crippen molar-refractivity contribution in [2.75, 3.05) is 0 Å². The van der Waals surface area contributed by atoms with E-state index in [0.29, 0.717) is 5.75 Å². The smallest absolute Gasteiger partial charge is 0.119 e. The van der Waals surface area contributed by atoms with Gasteiger partial charge in [-0.3, -0.25) is 0 Å². The topological polar surface area (TPSA) is 20.2 Å². The number of phenolic OH excluding ortho intramolecular Hbond substituents is 1. The number of hydrogen-bond acceptors (Lipinski definition) is 1. The van der Waals surface area contributed by atoms with E-state index in [-0.39, 0.29) is 0 Å². The Bertz CT molecular complexity index is 518. The van der Waals surface area contributed by atoms with Crippen LogP contribution in [0, 0.1) is 0 Å². The van der Waals surface area contributed by atoms with E-state index in [1.165, 1.54) is 5.56 Å². The molecule has 2 aromatic carbocycles. The van der Waals surface area contributed by atoms with E-state index in [2.05, 4.69) is 40.2 Å². The van der Waals surface area contributed by atoms with Crippen LogP contribution in [0.2, 0.25) is 0 Å². The summed E-state index contributed by atoms with van der Waals surface area (Å²) in [5.41, 5.74) is 2.09. The van der Waals surface area contributed by atoms with Gasteiger partial charge in [0.1, 0.15) is 5.75 Å². The molecule has 17 heavy (non-hydrogen) atoms. The predicted octanol–water partition coefficient (Wildman–Crippen LogP) is 4.41. The molecular formula is C15H13BrO. The van der Waals surface area contributed by atoms with Crippen molar-refractivity contribution in [1.82, 2.24) is 0 Å². The van der Waals surface area contributed by atoms with Crippen molar-refractivity contribution < 1.29 is 5.11 Å². The normalized spacial score (nSPS) is 10.9. The highest BCUT2D eigenvalue weighted by Crippen LogP contribution is 2.22. The zero-order valence-corrected chi connectivity index (χ0v) is 10.9. The number of hydrogen-bond donors (Lipinski definition) is 1. The number of halogens is 1. The molecule has 0 aliphatic heterocycles. The molecule has 0 aromatic heterocycles. The van der Waals surface area contributed by atoms with Crippen molar-refractivity contribution in [3.05, 3.63) is 70.2 Å². The Hall–Kier alpha value is -1.54. The van der Waals surface area contributed by atoms with Crippen LogP contribution in [0.5, 0.6) is 5.75 Å². The Balaban J connectivity index is 2.07. The molecule has 0 amide bonds. The van der Waals surface area contributed by atoms with E-state index < -0.39 is 0 Å². The summed E-state index contributed by atoms with van der Waals surface area (Å²) in [6, 6.07) is 15.6. The standard InChI is InChI=1S/C15H13BrO/c16-14-9-10-15(17)13(11-14)8-4-7-12-5-2-1-3-6-12/h1-7,9-11,17H,8H2/b7-4-. The van der Waals surface area contributed by atoms with E-state index in [1.54, 1.807) is 6.07 Å². The van der Waals surface area contributed by atoms with Gasteiger partial charge in [0, 0.05) is 4.47 Å². The minimum Gasteiger partial charge on any atom is -0.508 e. The van der Waals surface area contributed by atoms with Crippen molar-refractivity contribution in [3.8, 4) is 5.75 Å². The highest BCUT2D eigenvalue weighted by molar-refractivity contribution is 9.10. The summed E-state index contributed by atoms with van der Waals surface area (Å²) in [6.07, 6.45) is 4.83. The lowest BCUT2D eigenvalue weighted by atomic mass is 10.1. The predicted molar refractivity (Wildman–Crippen MR) is 75.0 cm³/mol. The molecule has 0 saturated heterocycles. The third-order valence-corrected chi connectivity index (χ3v) is 2.98. The largest absolute Gasteiger partial charge is 0.508 e. The molecule has 0 heterocycles. The van der Waals surface area contributed by atoms with E-state index in [9.17, 15) is 5.11 Å². The van der Waals surface area contributed by atoms with Gasteiger partial charge in [-0.25, -0.2) is 0 Å². The van der Waals surface area contributed by atoms with Crippen LogP contribution in [0.15, 0.2) is 59.1 Å².